The van der Waals surface area contributed by atoms with Crippen LogP contribution in [-0.4, -0.2) is 41.2 Å². The van der Waals surface area contributed by atoms with Crippen molar-refractivity contribution in [1.82, 2.24) is 0 Å². The van der Waals surface area contributed by atoms with Gasteiger partial charge in [-0.25, -0.2) is 8.42 Å². The number of anilines is 2. The van der Waals surface area contributed by atoms with Crippen molar-refractivity contribution in [1.29, 1.82) is 0 Å². The average Bonchev–Trinajstić information content (AvgIpc) is 2.83. The predicted octanol–water partition coefficient (Wildman–Crippen LogP) is 3.61. The number of rotatable bonds is 6. The maximum absolute atomic E-state index is 13.5. The van der Waals surface area contributed by atoms with E-state index in [9.17, 15) is 13.2 Å². The standard InChI is InChI=1S/C24H24N2O6S/c1-16-4-13-21-22(14-16)32-23(24(27)25-17-5-7-18(30-2)8-6-17)15-26(21)33(28,29)20-11-9-19(31-3)10-12-20/h4-14,23H,15H2,1-3H3,(H,25,27)/t23-/m0/s1. The van der Waals surface area contributed by atoms with Crippen LogP contribution >= 0.6 is 0 Å². The molecule has 1 amide bonds. The molecule has 0 unspecified atom stereocenters. The zero-order chi connectivity index (χ0) is 23.6. The van der Waals surface area contributed by atoms with Crippen LogP contribution < -0.4 is 23.8 Å². The van der Waals surface area contributed by atoms with Crippen molar-refractivity contribution in [2.45, 2.75) is 17.9 Å². The number of benzene rings is 3. The van der Waals surface area contributed by atoms with Crippen molar-refractivity contribution in [3.05, 3.63) is 72.3 Å². The number of nitrogens with zero attached hydrogens (tertiary/aromatic N) is 1. The number of amides is 1. The van der Waals surface area contributed by atoms with Crippen LogP contribution in [0.5, 0.6) is 17.2 Å². The zero-order valence-corrected chi connectivity index (χ0v) is 19.3. The van der Waals surface area contributed by atoms with Gasteiger partial charge in [0.1, 0.15) is 17.2 Å². The molecule has 3 aromatic carbocycles. The number of hydrogen-bond acceptors (Lipinski definition) is 6. The summed E-state index contributed by atoms with van der Waals surface area (Å²) in [7, 11) is -0.894. The third-order valence-corrected chi connectivity index (χ3v) is 7.08. The SMILES string of the molecule is COc1ccc(NC(=O)[C@@H]2CN(S(=O)(=O)c3ccc(OC)cc3)c3ccc(C)cc3O2)cc1. The molecule has 1 N–H and O–H groups in total. The molecule has 33 heavy (non-hydrogen) atoms. The minimum absolute atomic E-state index is 0.0889. The van der Waals surface area contributed by atoms with E-state index in [0.29, 0.717) is 28.6 Å². The lowest BCUT2D eigenvalue weighted by molar-refractivity contribution is -0.122. The number of carbonyl (C=O) groups excluding carboxylic acids is 1. The minimum atomic E-state index is -3.96. The Balaban J connectivity index is 1.65. The molecule has 8 nitrogen and oxygen atoms in total. The van der Waals surface area contributed by atoms with E-state index in [2.05, 4.69) is 5.32 Å². The molecule has 4 rings (SSSR count). The molecule has 9 heteroatoms. The Morgan fingerprint density at radius 1 is 0.970 bits per heavy atom. The molecule has 3 aromatic rings. The Kier molecular flexibility index (Phi) is 6.15. The summed E-state index contributed by atoms with van der Waals surface area (Å²) in [4.78, 5) is 13.1. The van der Waals surface area contributed by atoms with Gasteiger partial charge in [-0.15, -0.1) is 0 Å². The molecule has 0 aliphatic carbocycles. The number of sulfonamides is 1. The monoisotopic (exact) mass is 468 g/mol. The smallest absolute Gasteiger partial charge is 0.267 e. The van der Waals surface area contributed by atoms with Crippen LogP contribution in [0.1, 0.15) is 5.56 Å². The third kappa shape index (κ3) is 4.58. The van der Waals surface area contributed by atoms with Gasteiger partial charge in [-0.05, 0) is 73.2 Å². The summed E-state index contributed by atoms with van der Waals surface area (Å²) in [5, 5.41) is 2.78. The molecule has 0 saturated heterocycles. The summed E-state index contributed by atoms with van der Waals surface area (Å²) >= 11 is 0. The molecular formula is C24H24N2O6S. The van der Waals surface area contributed by atoms with Gasteiger partial charge < -0.3 is 19.5 Å². The van der Waals surface area contributed by atoms with Gasteiger partial charge in [0.2, 0.25) is 0 Å². The Labute approximate surface area is 192 Å². The van der Waals surface area contributed by atoms with E-state index in [1.807, 2.05) is 6.92 Å². The summed E-state index contributed by atoms with van der Waals surface area (Å²) < 4.78 is 44.4. The highest BCUT2D eigenvalue weighted by molar-refractivity contribution is 7.92. The van der Waals surface area contributed by atoms with Crippen molar-refractivity contribution in [3.8, 4) is 17.2 Å². The first-order valence-electron chi connectivity index (χ1n) is 10.2. The van der Waals surface area contributed by atoms with Crippen LogP contribution in [0.3, 0.4) is 0 Å². The van der Waals surface area contributed by atoms with Gasteiger partial charge in [0.25, 0.3) is 15.9 Å². The van der Waals surface area contributed by atoms with E-state index in [1.165, 1.54) is 23.5 Å². The Hall–Kier alpha value is -3.72. The highest BCUT2D eigenvalue weighted by atomic mass is 32.2. The Bertz CT molecular complexity index is 1260. The molecule has 1 atom stereocenters. The molecule has 0 aromatic heterocycles. The van der Waals surface area contributed by atoms with E-state index < -0.39 is 22.0 Å². The summed E-state index contributed by atoms with van der Waals surface area (Å²) in [6, 6.07) is 18.2. The molecular weight excluding hydrogens is 444 g/mol. The molecule has 1 aliphatic rings. The lowest BCUT2D eigenvalue weighted by Gasteiger charge is -2.35. The second kappa shape index (κ2) is 9.03. The Morgan fingerprint density at radius 3 is 2.18 bits per heavy atom. The largest absolute Gasteiger partial charge is 0.497 e. The summed E-state index contributed by atoms with van der Waals surface area (Å²) in [5.74, 6) is 1.07. The van der Waals surface area contributed by atoms with E-state index in [1.54, 1.807) is 61.7 Å². The number of hydrogen-bond donors (Lipinski definition) is 1. The van der Waals surface area contributed by atoms with E-state index in [4.69, 9.17) is 14.2 Å². The first kappa shape index (κ1) is 22.5. The number of ether oxygens (including phenoxy) is 3. The fourth-order valence-electron chi connectivity index (χ4n) is 3.50. The Morgan fingerprint density at radius 2 is 1.58 bits per heavy atom. The van der Waals surface area contributed by atoms with Crippen molar-refractivity contribution in [3.63, 3.8) is 0 Å². The number of nitrogens with one attached hydrogen (secondary N) is 1. The third-order valence-electron chi connectivity index (χ3n) is 5.28. The van der Waals surface area contributed by atoms with Crippen molar-refractivity contribution >= 4 is 27.3 Å². The second-order valence-electron chi connectivity index (χ2n) is 7.51. The van der Waals surface area contributed by atoms with Gasteiger partial charge in [-0.1, -0.05) is 6.07 Å². The summed E-state index contributed by atoms with van der Waals surface area (Å²) in [6.45, 7) is 1.69. The molecule has 0 spiro atoms. The number of fused-ring (bicyclic) bond motifs is 1. The van der Waals surface area contributed by atoms with Crippen molar-refractivity contribution < 1.29 is 27.4 Å². The molecule has 0 bridgehead atoms. The van der Waals surface area contributed by atoms with Crippen molar-refractivity contribution in [2.24, 2.45) is 0 Å². The molecule has 0 fully saturated rings. The highest BCUT2D eigenvalue weighted by Gasteiger charge is 2.37. The zero-order valence-electron chi connectivity index (χ0n) is 18.4. The quantitative estimate of drug-likeness (QED) is 0.594. The first-order valence-corrected chi connectivity index (χ1v) is 11.6. The molecule has 1 heterocycles. The van der Waals surface area contributed by atoms with Crippen LogP contribution in [-0.2, 0) is 14.8 Å². The highest BCUT2D eigenvalue weighted by Crippen LogP contribution is 2.38. The number of carbonyl (C=O) groups is 1. The van der Waals surface area contributed by atoms with Gasteiger partial charge in [-0.3, -0.25) is 9.10 Å². The molecule has 0 saturated carbocycles. The maximum atomic E-state index is 13.5. The van der Waals surface area contributed by atoms with Crippen LogP contribution in [0.25, 0.3) is 0 Å². The van der Waals surface area contributed by atoms with Crippen LogP contribution in [0.15, 0.2) is 71.6 Å². The van der Waals surface area contributed by atoms with Crippen molar-refractivity contribution in [2.75, 3.05) is 30.4 Å². The number of methoxy groups -OCH3 is 2. The van der Waals surface area contributed by atoms with E-state index >= 15 is 0 Å². The average molecular weight is 469 g/mol. The molecule has 1 aliphatic heterocycles. The summed E-state index contributed by atoms with van der Waals surface area (Å²) in [6.07, 6.45) is -1.05. The van der Waals surface area contributed by atoms with Gasteiger partial charge >= 0.3 is 0 Å². The minimum Gasteiger partial charge on any atom is -0.497 e. The fourth-order valence-corrected chi connectivity index (χ4v) is 4.97. The fraction of sp³-hybridized carbons (Fsp3) is 0.208. The lowest BCUT2D eigenvalue weighted by atomic mass is 10.1. The van der Waals surface area contributed by atoms with Gasteiger partial charge in [0.15, 0.2) is 6.10 Å². The van der Waals surface area contributed by atoms with Crippen LogP contribution in [0.2, 0.25) is 0 Å². The normalized spacial score (nSPS) is 15.2. The van der Waals surface area contributed by atoms with Crippen LogP contribution in [0, 0.1) is 6.92 Å². The van der Waals surface area contributed by atoms with Crippen LogP contribution in [0.4, 0.5) is 11.4 Å². The first-order chi connectivity index (χ1) is 15.8. The predicted molar refractivity (Wildman–Crippen MR) is 125 cm³/mol. The topological polar surface area (TPSA) is 94.2 Å². The van der Waals surface area contributed by atoms with Gasteiger partial charge in [0, 0.05) is 5.69 Å². The van der Waals surface area contributed by atoms with E-state index in [-0.39, 0.29) is 11.4 Å². The summed E-state index contributed by atoms with van der Waals surface area (Å²) in [5.41, 5.74) is 1.81. The lowest BCUT2D eigenvalue weighted by Crippen LogP contribution is -2.48. The molecule has 0 radical (unpaired) electrons. The van der Waals surface area contributed by atoms with Gasteiger partial charge in [0.05, 0.1) is 31.3 Å². The maximum Gasteiger partial charge on any atom is 0.267 e. The number of aryl methyl sites for hydroxylation is 1. The van der Waals surface area contributed by atoms with Gasteiger partial charge in [-0.2, -0.15) is 0 Å². The van der Waals surface area contributed by atoms with E-state index in [0.717, 1.165) is 5.56 Å². The molecule has 172 valence electrons. The second-order valence-corrected chi connectivity index (χ2v) is 9.37.